The normalized spacial score (nSPS) is 12.8. The summed E-state index contributed by atoms with van der Waals surface area (Å²) in [6.07, 6.45) is 1.85. The van der Waals surface area contributed by atoms with Crippen molar-refractivity contribution in [2.45, 2.75) is 25.4 Å². The molecule has 23 heavy (non-hydrogen) atoms. The molecule has 0 fully saturated rings. The summed E-state index contributed by atoms with van der Waals surface area (Å²) in [5.74, 6) is -0.388. The molecule has 1 aromatic heterocycles. The summed E-state index contributed by atoms with van der Waals surface area (Å²) in [7, 11) is 0. The Morgan fingerprint density at radius 3 is 2.52 bits per heavy atom. The van der Waals surface area contributed by atoms with Crippen LogP contribution in [0, 0.1) is 0 Å². The van der Waals surface area contributed by atoms with Gasteiger partial charge in [-0.2, -0.15) is 5.10 Å². The third-order valence-electron chi connectivity index (χ3n) is 3.31. The molecule has 5 N–H and O–H groups in total. The van der Waals surface area contributed by atoms with E-state index in [4.69, 9.17) is 11.5 Å². The van der Waals surface area contributed by atoms with E-state index < -0.39 is 11.4 Å². The molecule has 7 nitrogen and oxygen atoms in total. The highest BCUT2D eigenvalue weighted by atomic mass is 35.5. The molecule has 2 amide bonds. The number of primary amides is 1. The molecule has 1 aromatic carbocycles. The van der Waals surface area contributed by atoms with Gasteiger partial charge in [-0.25, -0.2) is 0 Å². The fourth-order valence-corrected chi connectivity index (χ4v) is 1.94. The van der Waals surface area contributed by atoms with Gasteiger partial charge in [-0.05, 0) is 12.5 Å². The molecule has 0 aliphatic heterocycles. The summed E-state index contributed by atoms with van der Waals surface area (Å²) in [5, 5.41) is 6.83. The van der Waals surface area contributed by atoms with Crippen LogP contribution in [0.4, 0.5) is 5.82 Å². The van der Waals surface area contributed by atoms with E-state index in [1.807, 2.05) is 18.2 Å². The zero-order valence-corrected chi connectivity index (χ0v) is 13.5. The molecule has 0 aliphatic carbocycles. The van der Waals surface area contributed by atoms with Gasteiger partial charge in [-0.3, -0.25) is 14.3 Å². The van der Waals surface area contributed by atoms with Gasteiger partial charge in [0.05, 0.1) is 0 Å². The van der Waals surface area contributed by atoms with Crippen LogP contribution in [0.15, 0.2) is 42.6 Å². The van der Waals surface area contributed by atoms with Crippen LogP contribution in [0.25, 0.3) is 0 Å². The number of carbonyl (C=O) groups is 2. The minimum Gasteiger partial charge on any atom is -0.370 e. The van der Waals surface area contributed by atoms with Crippen molar-refractivity contribution in [1.82, 2.24) is 9.78 Å². The van der Waals surface area contributed by atoms with Crippen LogP contribution < -0.4 is 16.8 Å². The monoisotopic (exact) mass is 337 g/mol. The molecule has 1 heterocycles. The average Bonchev–Trinajstić information content (AvgIpc) is 2.93. The summed E-state index contributed by atoms with van der Waals surface area (Å²) in [4.78, 5) is 23.1. The van der Waals surface area contributed by atoms with Crippen molar-refractivity contribution < 1.29 is 9.59 Å². The van der Waals surface area contributed by atoms with Crippen LogP contribution in [0.5, 0.6) is 0 Å². The second-order valence-electron chi connectivity index (χ2n) is 5.20. The summed E-state index contributed by atoms with van der Waals surface area (Å²) in [5.41, 5.74) is 10.8. The number of nitrogens with two attached hydrogens (primary N) is 2. The van der Waals surface area contributed by atoms with Gasteiger partial charge in [0.25, 0.3) is 0 Å². The first-order chi connectivity index (χ1) is 10.4. The number of hydrogen-bond donors (Lipinski definition) is 3. The number of carbonyl (C=O) groups excluding carboxylic acids is 2. The second kappa shape index (κ2) is 7.75. The lowest BCUT2D eigenvalue weighted by molar-refractivity contribution is -0.121. The topological polar surface area (TPSA) is 116 Å². The van der Waals surface area contributed by atoms with E-state index in [1.54, 1.807) is 31.3 Å². The number of hydrogen-bond acceptors (Lipinski definition) is 4. The molecule has 8 heteroatoms. The predicted molar refractivity (Wildman–Crippen MR) is 89.9 cm³/mol. The van der Waals surface area contributed by atoms with Crippen LogP contribution in [0.2, 0.25) is 0 Å². The van der Waals surface area contributed by atoms with Crippen LogP contribution in [0.1, 0.15) is 18.9 Å². The van der Waals surface area contributed by atoms with E-state index >= 15 is 0 Å². The molecule has 0 saturated carbocycles. The van der Waals surface area contributed by atoms with Crippen LogP contribution in [-0.4, -0.2) is 21.6 Å². The summed E-state index contributed by atoms with van der Waals surface area (Å²) in [6, 6.07) is 10.7. The minimum atomic E-state index is -1.17. The zero-order valence-electron chi connectivity index (χ0n) is 12.7. The summed E-state index contributed by atoms with van der Waals surface area (Å²) >= 11 is 0. The second-order valence-corrected chi connectivity index (χ2v) is 5.20. The summed E-state index contributed by atoms with van der Waals surface area (Å²) in [6.45, 7) is 2.01. The quantitative estimate of drug-likeness (QED) is 0.728. The van der Waals surface area contributed by atoms with Crippen molar-refractivity contribution in [3.63, 3.8) is 0 Å². The fourth-order valence-electron chi connectivity index (χ4n) is 1.94. The van der Waals surface area contributed by atoms with Crippen molar-refractivity contribution >= 4 is 30.0 Å². The smallest absolute Gasteiger partial charge is 0.249 e. The number of halogens is 1. The number of nitrogens with one attached hydrogen (secondary N) is 1. The average molecular weight is 338 g/mol. The first kappa shape index (κ1) is 18.7. The largest absolute Gasteiger partial charge is 0.370 e. The van der Waals surface area contributed by atoms with Gasteiger partial charge < -0.3 is 16.8 Å². The molecule has 0 radical (unpaired) electrons. The summed E-state index contributed by atoms with van der Waals surface area (Å²) < 4.78 is 1.54. The van der Waals surface area contributed by atoms with Crippen LogP contribution in [0.3, 0.4) is 0 Å². The SMILES string of the molecule is CC(N)(C(=O)Nc1ccn(CCC(N)=O)n1)c1ccccc1.Cl. The molecule has 0 spiro atoms. The fraction of sp³-hybridized carbons (Fsp3) is 0.267. The Morgan fingerprint density at radius 2 is 1.91 bits per heavy atom. The van der Waals surface area contributed by atoms with Gasteiger partial charge in [0.1, 0.15) is 5.54 Å². The maximum Gasteiger partial charge on any atom is 0.249 e. The number of nitrogens with zero attached hydrogens (tertiary/aromatic N) is 2. The van der Waals surface area contributed by atoms with Crippen LogP contribution in [-0.2, 0) is 21.7 Å². The first-order valence-electron chi connectivity index (χ1n) is 6.87. The molecule has 1 atom stereocenters. The van der Waals surface area contributed by atoms with Gasteiger partial charge in [0.2, 0.25) is 11.8 Å². The van der Waals surface area contributed by atoms with Gasteiger partial charge in [-0.1, -0.05) is 30.3 Å². The highest BCUT2D eigenvalue weighted by Crippen LogP contribution is 2.19. The standard InChI is InChI=1S/C15H19N5O2.ClH/c1-15(17,11-5-3-2-4-6-11)14(22)18-13-8-10-20(19-13)9-7-12(16)21;/h2-6,8,10H,7,9,17H2,1H3,(H2,16,21)(H,18,19,22);1H. The molecule has 1 unspecified atom stereocenters. The van der Waals surface area contributed by atoms with Gasteiger partial charge >= 0.3 is 0 Å². The molecule has 124 valence electrons. The lowest BCUT2D eigenvalue weighted by Crippen LogP contribution is -2.45. The minimum absolute atomic E-state index is 0. The maximum absolute atomic E-state index is 12.4. The maximum atomic E-state index is 12.4. The van der Waals surface area contributed by atoms with Crippen molar-refractivity contribution in [1.29, 1.82) is 0 Å². The zero-order chi connectivity index (χ0) is 16.2. The molecular formula is C15H20ClN5O2. The predicted octanol–water partition coefficient (Wildman–Crippen LogP) is 0.993. The van der Waals surface area contributed by atoms with Gasteiger partial charge in [0, 0.05) is 25.2 Å². The van der Waals surface area contributed by atoms with Gasteiger partial charge in [-0.15, -0.1) is 12.4 Å². The molecule has 2 aromatic rings. The third-order valence-corrected chi connectivity index (χ3v) is 3.31. The molecule has 0 saturated heterocycles. The Hall–Kier alpha value is -2.38. The highest BCUT2D eigenvalue weighted by molar-refractivity contribution is 5.97. The lowest BCUT2D eigenvalue weighted by atomic mass is 9.92. The van der Waals surface area contributed by atoms with E-state index in [-0.39, 0.29) is 24.7 Å². The Morgan fingerprint density at radius 1 is 1.26 bits per heavy atom. The van der Waals surface area contributed by atoms with Crippen molar-refractivity contribution in [2.75, 3.05) is 5.32 Å². The number of aromatic nitrogens is 2. The van der Waals surface area contributed by atoms with Crippen molar-refractivity contribution in [2.24, 2.45) is 11.5 Å². The Kier molecular flexibility index (Phi) is 6.29. The Labute approximate surface area is 140 Å². The van der Waals surface area contributed by atoms with Crippen molar-refractivity contribution in [3.05, 3.63) is 48.2 Å². The molecule has 0 bridgehead atoms. The Balaban J connectivity index is 0.00000264. The van der Waals surface area contributed by atoms with Crippen LogP contribution >= 0.6 is 12.4 Å². The first-order valence-corrected chi connectivity index (χ1v) is 6.87. The number of rotatable bonds is 6. The molecule has 2 rings (SSSR count). The van der Waals surface area contributed by atoms with Crippen molar-refractivity contribution in [3.8, 4) is 0 Å². The third kappa shape index (κ3) is 4.80. The molecular weight excluding hydrogens is 318 g/mol. The number of benzene rings is 1. The molecule has 0 aliphatic rings. The van der Waals surface area contributed by atoms with E-state index in [9.17, 15) is 9.59 Å². The number of aryl methyl sites for hydroxylation is 1. The lowest BCUT2D eigenvalue weighted by Gasteiger charge is -2.23. The van der Waals surface area contributed by atoms with Gasteiger partial charge in [0.15, 0.2) is 5.82 Å². The van der Waals surface area contributed by atoms with E-state index in [2.05, 4.69) is 10.4 Å². The van der Waals surface area contributed by atoms with E-state index in [0.717, 1.165) is 0 Å². The number of amides is 2. The number of anilines is 1. The Bertz CT molecular complexity index is 670. The van der Waals surface area contributed by atoms with E-state index in [0.29, 0.717) is 17.9 Å². The van der Waals surface area contributed by atoms with E-state index in [1.165, 1.54) is 4.68 Å². The highest BCUT2D eigenvalue weighted by Gasteiger charge is 2.30.